The third-order valence-corrected chi connectivity index (χ3v) is 5.47. The van der Waals surface area contributed by atoms with E-state index in [1.807, 2.05) is 4.90 Å². The van der Waals surface area contributed by atoms with E-state index in [4.69, 9.17) is 9.73 Å². The molecule has 2 aliphatic rings. The number of piperazine rings is 1. The number of non-ortho nitro benzene ring substituents is 1. The van der Waals surface area contributed by atoms with Crippen molar-refractivity contribution in [2.75, 3.05) is 39.3 Å². The van der Waals surface area contributed by atoms with Gasteiger partial charge in [-0.1, -0.05) is 25.5 Å². The molecular weight excluding hydrogens is 513 g/mol. The molecule has 1 N–H and O–H groups in total. The minimum Gasteiger partial charge on any atom is -0.368 e. The number of nitrogens with one attached hydrogen (secondary N) is 1. The number of amides is 1. The van der Waals surface area contributed by atoms with Crippen molar-refractivity contribution in [2.45, 2.75) is 45.3 Å². The summed E-state index contributed by atoms with van der Waals surface area (Å²) < 4.78 is 5.54. The zero-order chi connectivity index (χ0) is 21.3. The molecule has 1 aromatic carbocycles. The molecule has 0 aliphatic carbocycles. The van der Waals surface area contributed by atoms with Gasteiger partial charge in [-0.15, -0.1) is 24.0 Å². The smallest absolute Gasteiger partial charge is 0.269 e. The van der Waals surface area contributed by atoms with Crippen molar-refractivity contribution in [1.29, 1.82) is 0 Å². The van der Waals surface area contributed by atoms with Gasteiger partial charge in [-0.25, -0.2) is 4.99 Å². The third kappa shape index (κ3) is 7.30. The number of benzene rings is 1. The first-order valence-electron chi connectivity index (χ1n) is 10.8. The maximum Gasteiger partial charge on any atom is 0.269 e. The van der Waals surface area contributed by atoms with Crippen LogP contribution in [0.5, 0.6) is 0 Å². The van der Waals surface area contributed by atoms with Gasteiger partial charge >= 0.3 is 0 Å². The van der Waals surface area contributed by atoms with Crippen LogP contribution in [0.1, 0.15) is 38.2 Å². The molecule has 1 unspecified atom stereocenters. The average molecular weight is 545 g/mol. The van der Waals surface area contributed by atoms with Crippen molar-refractivity contribution in [3.05, 3.63) is 39.9 Å². The number of carbonyl (C=O) groups excluding carboxylic acids is 1. The molecule has 1 amide bonds. The van der Waals surface area contributed by atoms with E-state index in [0.29, 0.717) is 26.2 Å². The second-order valence-corrected chi connectivity index (χ2v) is 7.66. The third-order valence-electron chi connectivity index (χ3n) is 5.47. The molecule has 2 fully saturated rings. The standard InChI is InChI=1S/C21H31N5O4.HI/c1-2-3-10-22-21(23-16-17-6-8-18(9-7-17)26(28)29)25-13-11-24(12-14-25)20(27)19-5-4-15-30-19;/h6-9,19H,2-5,10-16H2,1H3,(H,22,23);1H. The number of carbonyl (C=O) groups is 1. The Morgan fingerprint density at radius 3 is 2.48 bits per heavy atom. The Morgan fingerprint density at radius 2 is 1.90 bits per heavy atom. The van der Waals surface area contributed by atoms with Crippen molar-refractivity contribution < 1.29 is 14.5 Å². The van der Waals surface area contributed by atoms with E-state index in [1.165, 1.54) is 12.1 Å². The minimum atomic E-state index is -0.401. The molecule has 0 bridgehead atoms. The lowest BCUT2D eigenvalue weighted by atomic mass is 10.2. The molecule has 2 saturated heterocycles. The fourth-order valence-corrected chi connectivity index (χ4v) is 3.65. The number of guanidine groups is 1. The number of hydrogen-bond acceptors (Lipinski definition) is 5. The number of rotatable bonds is 7. The molecule has 2 heterocycles. The maximum absolute atomic E-state index is 12.6. The van der Waals surface area contributed by atoms with Gasteiger partial charge in [0, 0.05) is 51.5 Å². The largest absolute Gasteiger partial charge is 0.368 e. The molecule has 1 aromatic rings. The van der Waals surface area contributed by atoms with Crippen LogP contribution in [-0.4, -0.2) is 72.0 Å². The summed E-state index contributed by atoms with van der Waals surface area (Å²) in [5, 5.41) is 14.2. The lowest BCUT2D eigenvalue weighted by molar-refractivity contribution is -0.384. The SMILES string of the molecule is CCCCNC(=NCc1ccc([N+](=O)[O-])cc1)N1CCN(C(=O)C2CCCO2)CC1.I. The Hall–Kier alpha value is -1.95. The fourth-order valence-electron chi connectivity index (χ4n) is 3.65. The summed E-state index contributed by atoms with van der Waals surface area (Å²) in [5.74, 6) is 0.932. The number of ether oxygens (including phenoxy) is 1. The minimum absolute atomic E-state index is 0. The molecule has 0 spiro atoms. The lowest BCUT2D eigenvalue weighted by Crippen LogP contribution is -2.55. The van der Waals surface area contributed by atoms with Crippen LogP contribution in [0.3, 0.4) is 0 Å². The number of nitro benzene ring substituents is 1. The van der Waals surface area contributed by atoms with Gasteiger partial charge in [0.2, 0.25) is 0 Å². The average Bonchev–Trinajstić information content (AvgIpc) is 3.31. The first-order valence-corrected chi connectivity index (χ1v) is 10.8. The van der Waals surface area contributed by atoms with Crippen LogP contribution >= 0.6 is 24.0 Å². The molecule has 9 nitrogen and oxygen atoms in total. The summed E-state index contributed by atoms with van der Waals surface area (Å²) in [4.78, 5) is 31.8. The first kappa shape index (κ1) is 25.3. The zero-order valence-corrected chi connectivity index (χ0v) is 20.3. The summed E-state index contributed by atoms with van der Waals surface area (Å²) in [5.41, 5.74) is 0.999. The molecule has 3 rings (SSSR count). The van der Waals surface area contributed by atoms with Gasteiger partial charge in [-0.2, -0.15) is 0 Å². The predicted octanol–water partition coefficient (Wildman–Crippen LogP) is 2.78. The number of halogens is 1. The Morgan fingerprint density at radius 1 is 1.23 bits per heavy atom. The van der Waals surface area contributed by atoms with Gasteiger partial charge in [-0.3, -0.25) is 14.9 Å². The van der Waals surface area contributed by atoms with E-state index in [9.17, 15) is 14.9 Å². The van der Waals surface area contributed by atoms with Crippen LogP contribution in [0.4, 0.5) is 5.69 Å². The summed E-state index contributed by atoms with van der Waals surface area (Å²) in [6, 6.07) is 6.49. The van der Waals surface area contributed by atoms with Crippen LogP contribution in [0, 0.1) is 10.1 Å². The summed E-state index contributed by atoms with van der Waals surface area (Å²) in [7, 11) is 0. The van der Waals surface area contributed by atoms with Gasteiger partial charge < -0.3 is 19.9 Å². The van der Waals surface area contributed by atoms with Crippen molar-refractivity contribution in [2.24, 2.45) is 4.99 Å². The zero-order valence-electron chi connectivity index (χ0n) is 18.0. The van der Waals surface area contributed by atoms with Crippen LogP contribution in [0.25, 0.3) is 0 Å². The van der Waals surface area contributed by atoms with Gasteiger partial charge in [-0.05, 0) is 24.8 Å². The van der Waals surface area contributed by atoms with Crippen molar-refractivity contribution in [3.8, 4) is 0 Å². The quantitative estimate of drug-likeness (QED) is 0.141. The summed E-state index contributed by atoms with van der Waals surface area (Å²) in [6.45, 7) is 6.86. The molecule has 0 saturated carbocycles. The van der Waals surface area contributed by atoms with Gasteiger partial charge in [0.25, 0.3) is 11.6 Å². The summed E-state index contributed by atoms with van der Waals surface area (Å²) in [6.07, 6.45) is 3.64. The normalized spacial score (nSPS) is 19.1. The molecule has 10 heteroatoms. The highest BCUT2D eigenvalue weighted by Gasteiger charge is 2.30. The Bertz CT molecular complexity index is 745. The van der Waals surface area contributed by atoms with E-state index in [2.05, 4.69) is 17.1 Å². The molecule has 1 atom stereocenters. The van der Waals surface area contributed by atoms with E-state index in [1.54, 1.807) is 12.1 Å². The van der Waals surface area contributed by atoms with Gasteiger partial charge in [0.15, 0.2) is 5.96 Å². The van der Waals surface area contributed by atoms with Crippen molar-refractivity contribution in [1.82, 2.24) is 15.1 Å². The molecule has 0 radical (unpaired) electrons. The fraction of sp³-hybridized carbons (Fsp3) is 0.619. The molecule has 0 aromatic heterocycles. The van der Waals surface area contributed by atoms with Crippen molar-refractivity contribution >= 4 is 41.5 Å². The van der Waals surface area contributed by atoms with E-state index in [0.717, 1.165) is 56.8 Å². The lowest BCUT2D eigenvalue weighted by Gasteiger charge is -2.37. The second kappa shape index (κ2) is 12.8. The molecule has 2 aliphatic heterocycles. The monoisotopic (exact) mass is 545 g/mol. The number of nitro groups is 1. The van der Waals surface area contributed by atoms with Crippen LogP contribution in [0.15, 0.2) is 29.3 Å². The maximum atomic E-state index is 12.6. The van der Waals surface area contributed by atoms with Crippen molar-refractivity contribution in [3.63, 3.8) is 0 Å². The first-order chi connectivity index (χ1) is 14.6. The highest BCUT2D eigenvalue weighted by atomic mass is 127. The molecule has 31 heavy (non-hydrogen) atoms. The van der Waals surface area contributed by atoms with Crippen LogP contribution < -0.4 is 5.32 Å². The molecular formula is C21H32IN5O4. The van der Waals surface area contributed by atoms with E-state index >= 15 is 0 Å². The molecule has 172 valence electrons. The number of aliphatic imine (C=N–C) groups is 1. The van der Waals surface area contributed by atoms with E-state index < -0.39 is 4.92 Å². The van der Waals surface area contributed by atoms with E-state index in [-0.39, 0.29) is 41.7 Å². The Balaban J connectivity index is 0.00000341. The Kier molecular flexibility index (Phi) is 10.4. The summed E-state index contributed by atoms with van der Waals surface area (Å²) >= 11 is 0. The second-order valence-electron chi connectivity index (χ2n) is 7.66. The number of hydrogen-bond donors (Lipinski definition) is 1. The van der Waals surface area contributed by atoms with Crippen LogP contribution in [-0.2, 0) is 16.1 Å². The topological polar surface area (TPSA) is 100 Å². The number of unbranched alkanes of at least 4 members (excludes halogenated alkanes) is 1. The predicted molar refractivity (Wildman–Crippen MR) is 130 cm³/mol. The number of nitrogens with zero attached hydrogens (tertiary/aromatic N) is 4. The Labute approximate surface area is 200 Å². The highest BCUT2D eigenvalue weighted by molar-refractivity contribution is 14.0. The van der Waals surface area contributed by atoms with Gasteiger partial charge in [0.1, 0.15) is 6.10 Å². The van der Waals surface area contributed by atoms with Gasteiger partial charge in [0.05, 0.1) is 11.5 Å². The van der Waals surface area contributed by atoms with Crippen LogP contribution in [0.2, 0.25) is 0 Å². The highest BCUT2D eigenvalue weighted by Crippen LogP contribution is 2.16.